The van der Waals surface area contributed by atoms with Crippen LogP contribution in [-0.4, -0.2) is 27.0 Å². The fraction of sp³-hybridized carbons (Fsp3) is 0.308. The van der Waals surface area contributed by atoms with E-state index in [0.29, 0.717) is 13.1 Å². The number of pyridine rings is 1. The predicted octanol–water partition coefficient (Wildman–Crippen LogP) is 0.478. The lowest BCUT2D eigenvalue weighted by Gasteiger charge is -2.12. The summed E-state index contributed by atoms with van der Waals surface area (Å²) in [5.41, 5.74) is 6.39. The van der Waals surface area contributed by atoms with Crippen LogP contribution in [0.25, 0.3) is 5.82 Å². The molecule has 1 amide bonds. The lowest BCUT2D eigenvalue weighted by Crippen LogP contribution is -2.33. The van der Waals surface area contributed by atoms with Gasteiger partial charge >= 0.3 is 0 Å². The average Bonchev–Trinajstić information content (AvgIpc) is 2.98. The molecule has 1 atom stereocenters. The van der Waals surface area contributed by atoms with Gasteiger partial charge in [0.1, 0.15) is 12.1 Å². The molecule has 0 aliphatic rings. The monoisotopic (exact) mass is 259 g/mol. The summed E-state index contributed by atoms with van der Waals surface area (Å²) in [5.74, 6) is 0.525. The van der Waals surface area contributed by atoms with Crippen molar-refractivity contribution in [2.75, 3.05) is 6.54 Å². The normalized spacial score (nSPS) is 12.1. The van der Waals surface area contributed by atoms with Crippen molar-refractivity contribution in [2.45, 2.75) is 13.5 Å². The molecule has 0 spiro atoms. The van der Waals surface area contributed by atoms with Crippen LogP contribution >= 0.6 is 0 Å². The lowest BCUT2D eigenvalue weighted by molar-refractivity contribution is -0.124. The Balaban J connectivity index is 2.11. The zero-order valence-corrected chi connectivity index (χ0v) is 10.8. The van der Waals surface area contributed by atoms with E-state index in [9.17, 15) is 4.79 Å². The molecule has 2 aromatic rings. The first-order valence-electron chi connectivity index (χ1n) is 6.12. The van der Waals surface area contributed by atoms with Crippen molar-refractivity contribution in [3.63, 3.8) is 0 Å². The fourth-order valence-electron chi connectivity index (χ4n) is 1.65. The van der Waals surface area contributed by atoms with Crippen LogP contribution in [0.3, 0.4) is 0 Å². The number of carbonyl (C=O) groups excluding carboxylic acids is 1. The van der Waals surface area contributed by atoms with Crippen molar-refractivity contribution >= 4 is 5.91 Å². The van der Waals surface area contributed by atoms with E-state index >= 15 is 0 Å². The molecule has 19 heavy (non-hydrogen) atoms. The van der Waals surface area contributed by atoms with Crippen LogP contribution in [0.5, 0.6) is 0 Å². The highest BCUT2D eigenvalue weighted by Gasteiger charge is 2.11. The number of rotatable bonds is 5. The molecule has 2 heterocycles. The van der Waals surface area contributed by atoms with E-state index < -0.39 is 0 Å². The molecule has 0 radical (unpaired) electrons. The molecule has 2 aromatic heterocycles. The molecule has 0 aromatic carbocycles. The number of amides is 1. The van der Waals surface area contributed by atoms with Gasteiger partial charge in [0.25, 0.3) is 0 Å². The van der Waals surface area contributed by atoms with Gasteiger partial charge in [0.15, 0.2) is 0 Å². The summed E-state index contributed by atoms with van der Waals surface area (Å²) >= 11 is 0. The van der Waals surface area contributed by atoms with Gasteiger partial charge in [-0.3, -0.25) is 9.36 Å². The van der Waals surface area contributed by atoms with Crippen LogP contribution in [0.4, 0.5) is 0 Å². The SMILES string of the molecule is CC(CN)C(=O)NCc1cccnc1-n1ccnc1. The molecule has 0 aliphatic carbocycles. The number of imidazole rings is 1. The molecule has 6 nitrogen and oxygen atoms in total. The smallest absolute Gasteiger partial charge is 0.224 e. The van der Waals surface area contributed by atoms with Gasteiger partial charge in [-0.05, 0) is 6.07 Å². The maximum atomic E-state index is 11.7. The topological polar surface area (TPSA) is 85.8 Å². The third-order valence-corrected chi connectivity index (χ3v) is 2.87. The number of hydrogen-bond donors (Lipinski definition) is 2. The minimum Gasteiger partial charge on any atom is -0.352 e. The van der Waals surface area contributed by atoms with Gasteiger partial charge in [0, 0.05) is 43.2 Å². The van der Waals surface area contributed by atoms with Crippen LogP contribution in [0.1, 0.15) is 12.5 Å². The first-order valence-corrected chi connectivity index (χ1v) is 6.12. The number of nitrogens with one attached hydrogen (secondary N) is 1. The molecule has 3 N–H and O–H groups in total. The Morgan fingerprint density at radius 2 is 2.37 bits per heavy atom. The van der Waals surface area contributed by atoms with Crippen molar-refractivity contribution in [3.05, 3.63) is 42.6 Å². The lowest BCUT2D eigenvalue weighted by atomic mass is 10.1. The molecule has 100 valence electrons. The summed E-state index contributed by atoms with van der Waals surface area (Å²) < 4.78 is 1.81. The minimum absolute atomic E-state index is 0.0528. The largest absolute Gasteiger partial charge is 0.352 e. The first kappa shape index (κ1) is 13.2. The molecule has 0 saturated heterocycles. The fourth-order valence-corrected chi connectivity index (χ4v) is 1.65. The van der Waals surface area contributed by atoms with Gasteiger partial charge in [0.2, 0.25) is 5.91 Å². The summed E-state index contributed by atoms with van der Waals surface area (Å²) in [6, 6.07) is 3.77. The molecule has 0 bridgehead atoms. The second kappa shape index (κ2) is 6.10. The van der Waals surface area contributed by atoms with Crippen LogP contribution in [0, 0.1) is 5.92 Å². The Hall–Kier alpha value is -2.21. The zero-order chi connectivity index (χ0) is 13.7. The van der Waals surface area contributed by atoms with E-state index in [0.717, 1.165) is 11.4 Å². The minimum atomic E-state index is -0.187. The van der Waals surface area contributed by atoms with Crippen LogP contribution in [0.15, 0.2) is 37.1 Å². The van der Waals surface area contributed by atoms with E-state index in [1.54, 1.807) is 25.6 Å². The van der Waals surface area contributed by atoms with Crippen molar-refractivity contribution in [3.8, 4) is 5.82 Å². The number of aromatic nitrogens is 3. The Bertz CT molecular complexity index is 538. The maximum Gasteiger partial charge on any atom is 0.224 e. The quantitative estimate of drug-likeness (QED) is 0.817. The van der Waals surface area contributed by atoms with Crippen molar-refractivity contribution in [1.29, 1.82) is 0 Å². The van der Waals surface area contributed by atoms with Crippen molar-refractivity contribution in [1.82, 2.24) is 19.9 Å². The summed E-state index contributed by atoms with van der Waals surface area (Å²) in [7, 11) is 0. The van der Waals surface area contributed by atoms with Gasteiger partial charge in [-0.2, -0.15) is 0 Å². The zero-order valence-electron chi connectivity index (χ0n) is 10.8. The summed E-state index contributed by atoms with van der Waals surface area (Å²) in [5, 5.41) is 2.86. The summed E-state index contributed by atoms with van der Waals surface area (Å²) in [6.45, 7) is 2.56. The molecule has 0 aliphatic heterocycles. The van der Waals surface area contributed by atoms with Crippen LogP contribution in [0.2, 0.25) is 0 Å². The second-order valence-corrected chi connectivity index (χ2v) is 4.31. The third kappa shape index (κ3) is 3.17. The standard InChI is InChI=1S/C13H17N5O/c1-10(7-14)13(19)17-8-11-3-2-4-16-12(11)18-6-5-15-9-18/h2-6,9-10H,7-8,14H2,1H3,(H,17,19). The predicted molar refractivity (Wildman–Crippen MR) is 71.4 cm³/mol. The van der Waals surface area contributed by atoms with Gasteiger partial charge in [0.05, 0.1) is 0 Å². The van der Waals surface area contributed by atoms with E-state index in [-0.39, 0.29) is 11.8 Å². The Kier molecular flexibility index (Phi) is 4.25. The van der Waals surface area contributed by atoms with Crippen LogP contribution < -0.4 is 11.1 Å². The molecule has 0 fully saturated rings. The Morgan fingerprint density at radius 1 is 1.53 bits per heavy atom. The van der Waals surface area contributed by atoms with Crippen molar-refractivity contribution in [2.24, 2.45) is 11.7 Å². The number of nitrogens with two attached hydrogens (primary N) is 1. The van der Waals surface area contributed by atoms with E-state index in [4.69, 9.17) is 5.73 Å². The molecule has 1 unspecified atom stereocenters. The highest BCUT2D eigenvalue weighted by Crippen LogP contribution is 2.10. The van der Waals surface area contributed by atoms with E-state index in [1.807, 2.05) is 22.9 Å². The van der Waals surface area contributed by atoms with Gasteiger partial charge < -0.3 is 11.1 Å². The second-order valence-electron chi connectivity index (χ2n) is 4.31. The number of nitrogens with zero attached hydrogens (tertiary/aromatic N) is 3. The maximum absolute atomic E-state index is 11.7. The Labute approximate surface area is 111 Å². The summed E-state index contributed by atoms with van der Waals surface area (Å²) in [6.07, 6.45) is 6.89. The van der Waals surface area contributed by atoms with Crippen LogP contribution in [-0.2, 0) is 11.3 Å². The number of hydrogen-bond acceptors (Lipinski definition) is 4. The van der Waals surface area contributed by atoms with Gasteiger partial charge in [-0.25, -0.2) is 9.97 Å². The third-order valence-electron chi connectivity index (χ3n) is 2.87. The molecule has 6 heteroatoms. The highest BCUT2D eigenvalue weighted by molar-refractivity contribution is 5.78. The Morgan fingerprint density at radius 3 is 3.05 bits per heavy atom. The van der Waals surface area contributed by atoms with Gasteiger partial charge in [-0.1, -0.05) is 13.0 Å². The molecular formula is C13H17N5O. The summed E-state index contributed by atoms with van der Waals surface area (Å²) in [4.78, 5) is 20.0. The van der Waals surface area contributed by atoms with Gasteiger partial charge in [-0.15, -0.1) is 0 Å². The molecule has 0 saturated carbocycles. The first-order chi connectivity index (χ1) is 9.22. The van der Waals surface area contributed by atoms with E-state index in [2.05, 4.69) is 15.3 Å². The molecular weight excluding hydrogens is 242 g/mol. The average molecular weight is 259 g/mol. The molecule has 2 rings (SSSR count). The van der Waals surface area contributed by atoms with E-state index in [1.165, 1.54) is 0 Å². The number of carbonyl (C=O) groups is 1. The van der Waals surface area contributed by atoms with Crippen molar-refractivity contribution < 1.29 is 4.79 Å². The highest BCUT2D eigenvalue weighted by atomic mass is 16.1.